The molecule has 0 radical (unpaired) electrons. The molecule has 6 heteroatoms. The van der Waals surface area contributed by atoms with Gasteiger partial charge in [-0.25, -0.2) is 13.4 Å². The van der Waals surface area contributed by atoms with E-state index < -0.39 is 10.0 Å². The zero-order valence-corrected chi connectivity index (χ0v) is 19.2. The highest BCUT2D eigenvalue weighted by Crippen LogP contribution is 2.30. The monoisotopic (exact) mass is 462 g/mol. The lowest BCUT2D eigenvalue weighted by Gasteiger charge is -2.14. The highest BCUT2D eigenvalue weighted by atomic mass is 35.5. The van der Waals surface area contributed by atoms with E-state index in [4.69, 9.17) is 11.6 Å². The molecule has 4 rings (SSSR count). The average Bonchev–Trinajstić information content (AvgIpc) is 2.81. The number of anilines is 1. The summed E-state index contributed by atoms with van der Waals surface area (Å²) in [6, 6.07) is 27.8. The van der Waals surface area contributed by atoms with Gasteiger partial charge in [0.1, 0.15) is 5.82 Å². The summed E-state index contributed by atoms with van der Waals surface area (Å²) in [7, 11) is -3.81. The zero-order chi connectivity index (χ0) is 22.6. The van der Waals surface area contributed by atoms with E-state index in [2.05, 4.69) is 9.71 Å². The van der Waals surface area contributed by atoms with Crippen molar-refractivity contribution in [1.82, 2.24) is 4.98 Å². The molecule has 4 aromatic rings. The molecule has 1 N–H and O–H groups in total. The van der Waals surface area contributed by atoms with Crippen LogP contribution in [-0.2, 0) is 16.4 Å². The second-order valence-corrected chi connectivity index (χ2v) is 9.52. The SMILES string of the molecule is CCCc1ccc(-c2ccccc2Cl)nc1NS(=O)(=O)c1ccc(-c2ccccc2)cc1. The minimum Gasteiger partial charge on any atom is -0.263 e. The molecule has 0 unspecified atom stereocenters. The molecule has 0 aliphatic rings. The zero-order valence-electron chi connectivity index (χ0n) is 17.6. The number of sulfonamides is 1. The number of benzene rings is 3. The molecule has 0 aliphatic heterocycles. The minimum atomic E-state index is -3.81. The van der Waals surface area contributed by atoms with Crippen molar-refractivity contribution in [3.8, 4) is 22.4 Å². The van der Waals surface area contributed by atoms with Crippen molar-refractivity contribution in [2.45, 2.75) is 24.7 Å². The maximum Gasteiger partial charge on any atom is 0.263 e. The fraction of sp³-hybridized carbons (Fsp3) is 0.115. The second kappa shape index (κ2) is 9.55. The largest absolute Gasteiger partial charge is 0.263 e. The summed E-state index contributed by atoms with van der Waals surface area (Å²) in [4.78, 5) is 4.81. The number of aryl methyl sites for hydroxylation is 1. The summed E-state index contributed by atoms with van der Waals surface area (Å²) < 4.78 is 29.0. The standard InChI is InChI=1S/C26H23ClN2O2S/c1-2-8-21-15-18-25(23-11-6-7-12-24(23)27)28-26(21)29-32(30,31)22-16-13-20(14-17-22)19-9-4-3-5-10-19/h3-7,9-18H,2,8H2,1H3,(H,28,29). The third-order valence-electron chi connectivity index (χ3n) is 5.15. The Labute approximate surface area is 194 Å². The molecule has 4 nitrogen and oxygen atoms in total. The molecule has 0 fully saturated rings. The molecule has 0 atom stereocenters. The van der Waals surface area contributed by atoms with Crippen molar-refractivity contribution in [3.05, 3.63) is 102 Å². The van der Waals surface area contributed by atoms with Crippen LogP contribution < -0.4 is 4.72 Å². The predicted octanol–water partition coefficient (Wildman–Crippen LogP) is 6.82. The van der Waals surface area contributed by atoms with Gasteiger partial charge in [0.15, 0.2) is 0 Å². The van der Waals surface area contributed by atoms with Crippen LogP contribution in [-0.4, -0.2) is 13.4 Å². The van der Waals surface area contributed by atoms with Gasteiger partial charge >= 0.3 is 0 Å². The van der Waals surface area contributed by atoms with Crippen LogP contribution in [0.4, 0.5) is 5.82 Å². The summed E-state index contributed by atoms with van der Waals surface area (Å²) in [6.07, 6.45) is 1.58. The molecule has 0 saturated heterocycles. The van der Waals surface area contributed by atoms with Gasteiger partial charge in [0.05, 0.1) is 10.6 Å². The number of nitrogens with zero attached hydrogens (tertiary/aromatic N) is 1. The van der Waals surface area contributed by atoms with Crippen LogP contribution in [0.2, 0.25) is 5.02 Å². The molecule has 3 aromatic carbocycles. The summed E-state index contributed by atoms with van der Waals surface area (Å²) >= 11 is 6.33. The van der Waals surface area contributed by atoms with Crippen LogP contribution >= 0.6 is 11.6 Å². The number of hydrogen-bond acceptors (Lipinski definition) is 3. The number of halogens is 1. The predicted molar refractivity (Wildman–Crippen MR) is 131 cm³/mol. The molecule has 162 valence electrons. The van der Waals surface area contributed by atoms with Gasteiger partial charge in [0, 0.05) is 10.6 Å². The number of rotatable bonds is 7. The fourth-order valence-electron chi connectivity index (χ4n) is 3.51. The highest BCUT2D eigenvalue weighted by molar-refractivity contribution is 7.92. The first-order valence-electron chi connectivity index (χ1n) is 10.4. The highest BCUT2D eigenvalue weighted by Gasteiger charge is 2.18. The van der Waals surface area contributed by atoms with Crippen LogP contribution in [0.15, 0.2) is 95.9 Å². The Bertz CT molecular complexity index is 1320. The Morgan fingerprint density at radius 2 is 1.47 bits per heavy atom. The molecule has 0 spiro atoms. The third-order valence-corrected chi connectivity index (χ3v) is 6.84. The number of nitrogens with one attached hydrogen (secondary N) is 1. The second-order valence-electron chi connectivity index (χ2n) is 7.43. The lowest BCUT2D eigenvalue weighted by molar-refractivity contribution is 0.601. The quantitative estimate of drug-likeness (QED) is 0.327. The van der Waals surface area contributed by atoms with Gasteiger partial charge in [-0.05, 0) is 47.4 Å². The molecular formula is C26H23ClN2O2S. The molecular weight excluding hydrogens is 440 g/mol. The van der Waals surface area contributed by atoms with E-state index in [0.29, 0.717) is 23.0 Å². The van der Waals surface area contributed by atoms with E-state index in [1.54, 1.807) is 18.2 Å². The van der Waals surface area contributed by atoms with Crippen LogP contribution in [0.5, 0.6) is 0 Å². The van der Waals surface area contributed by atoms with Gasteiger partial charge in [-0.1, -0.05) is 91.7 Å². The van der Waals surface area contributed by atoms with Crippen LogP contribution in [0.3, 0.4) is 0 Å². The summed E-state index contributed by atoms with van der Waals surface area (Å²) in [5, 5.41) is 0.563. The first-order valence-corrected chi connectivity index (χ1v) is 12.3. The van der Waals surface area contributed by atoms with E-state index in [1.807, 2.05) is 79.7 Å². The molecule has 0 bridgehead atoms. The van der Waals surface area contributed by atoms with Crippen LogP contribution in [0, 0.1) is 0 Å². The maximum atomic E-state index is 13.1. The van der Waals surface area contributed by atoms with Crippen molar-refractivity contribution in [2.24, 2.45) is 0 Å². The van der Waals surface area contributed by atoms with Gasteiger partial charge in [-0.3, -0.25) is 4.72 Å². The average molecular weight is 463 g/mol. The summed E-state index contributed by atoms with van der Waals surface area (Å²) in [5.41, 5.74) is 4.20. The number of hydrogen-bond donors (Lipinski definition) is 1. The molecule has 0 saturated carbocycles. The Hall–Kier alpha value is -3.15. The van der Waals surface area contributed by atoms with E-state index in [0.717, 1.165) is 28.7 Å². The van der Waals surface area contributed by atoms with Crippen molar-refractivity contribution in [3.63, 3.8) is 0 Å². The minimum absolute atomic E-state index is 0.185. The smallest absolute Gasteiger partial charge is 0.263 e. The van der Waals surface area contributed by atoms with Crippen molar-refractivity contribution in [1.29, 1.82) is 0 Å². The maximum absolute atomic E-state index is 13.1. The number of pyridine rings is 1. The molecule has 32 heavy (non-hydrogen) atoms. The lowest BCUT2D eigenvalue weighted by Crippen LogP contribution is -2.15. The van der Waals surface area contributed by atoms with E-state index in [1.165, 1.54) is 0 Å². The summed E-state index contributed by atoms with van der Waals surface area (Å²) in [6.45, 7) is 2.04. The topological polar surface area (TPSA) is 59.1 Å². The van der Waals surface area contributed by atoms with E-state index in [9.17, 15) is 8.42 Å². The first-order chi connectivity index (χ1) is 15.5. The third kappa shape index (κ3) is 4.85. The van der Waals surface area contributed by atoms with Crippen molar-refractivity contribution < 1.29 is 8.42 Å². The molecule has 1 heterocycles. The van der Waals surface area contributed by atoms with Crippen LogP contribution in [0.25, 0.3) is 22.4 Å². The van der Waals surface area contributed by atoms with Crippen molar-refractivity contribution in [2.75, 3.05) is 4.72 Å². The van der Waals surface area contributed by atoms with Gasteiger partial charge in [0.2, 0.25) is 0 Å². The van der Waals surface area contributed by atoms with Gasteiger partial charge in [-0.15, -0.1) is 0 Å². The normalized spacial score (nSPS) is 11.3. The Kier molecular flexibility index (Phi) is 6.58. The Balaban J connectivity index is 1.67. The fourth-order valence-corrected chi connectivity index (χ4v) is 4.79. The van der Waals surface area contributed by atoms with Crippen molar-refractivity contribution >= 4 is 27.4 Å². The van der Waals surface area contributed by atoms with E-state index >= 15 is 0 Å². The Morgan fingerprint density at radius 1 is 0.812 bits per heavy atom. The van der Waals surface area contributed by atoms with Gasteiger partial charge < -0.3 is 0 Å². The lowest BCUT2D eigenvalue weighted by atomic mass is 10.1. The molecule has 1 aromatic heterocycles. The first kappa shape index (κ1) is 22.1. The van der Waals surface area contributed by atoms with Gasteiger partial charge in [-0.2, -0.15) is 0 Å². The van der Waals surface area contributed by atoms with Crippen LogP contribution in [0.1, 0.15) is 18.9 Å². The summed E-state index contributed by atoms with van der Waals surface area (Å²) in [5.74, 6) is 0.330. The van der Waals surface area contributed by atoms with Gasteiger partial charge in [0.25, 0.3) is 10.0 Å². The number of aromatic nitrogens is 1. The molecule has 0 aliphatic carbocycles. The molecule has 0 amide bonds. The Morgan fingerprint density at radius 3 is 2.16 bits per heavy atom. The van der Waals surface area contributed by atoms with E-state index in [-0.39, 0.29) is 4.90 Å².